The first-order chi connectivity index (χ1) is 12.9. The Kier molecular flexibility index (Phi) is 5.78. The summed E-state index contributed by atoms with van der Waals surface area (Å²) >= 11 is 0. The monoisotopic (exact) mass is 369 g/mol. The summed E-state index contributed by atoms with van der Waals surface area (Å²) in [7, 11) is 0. The fraction of sp³-hybridized carbons (Fsp3) is 0.450. The number of nitrogens with one attached hydrogen (secondary N) is 2. The minimum absolute atomic E-state index is 0.00209. The summed E-state index contributed by atoms with van der Waals surface area (Å²) in [6, 6.07) is 7.60. The number of phenols is 1. The molecule has 0 aliphatic carbocycles. The highest BCUT2D eigenvalue weighted by molar-refractivity contribution is 5.73. The molecular formula is C20H27N5O2. The Balaban J connectivity index is 1.82. The number of aromatic nitrogens is 2. The van der Waals surface area contributed by atoms with Gasteiger partial charge in [-0.1, -0.05) is 19.4 Å². The molecule has 1 fully saturated rings. The van der Waals surface area contributed by atoms with Crippen LogP contribution in [0.5, 0.6) is 5.75 Å². The van der Waals surface area contributed by atoms with Crippen molar-refractivity contribution >= 4 is 23.4 Å². The lowest BCUT2D eigenvalue weighted by Crippen LogP contribution is -2.35. The molecule has 3 N–H and O–H groups in total. The highest BCUT2D eigenvalue weighted by Crippen LogP contribution is 2.25. The van der Waals surface area contributed by atoms with Crippen LogP contribution in [0.15, 0.2) is 24.3 Å². The van der Waals surface area contributed by atoms with E-state index in [9.17, 15) is 9.90 Å². The zero-order valence-electron chi connectivity index (χ0n) is 16.1. The first-order valence-electron chi connectivity index (χ1n) is 9.41. The average molecular weight is 369 g/mol. The first-order valence-corrected chi connectivity index (χ1v) is 9.41. The van der Waals surface area contributed by atoms with E-state index in [0.717, 1.165) is 55.1 Å². The maximum atomic E-state index is 11.3. The zero-order valence-corrected chi connectivity index (χ0v) is 16.1. The molecule has 7 heteroatoms. The number of carbonyl (C=O) groups excluding carboxylic acids is 1. The molecule has 27 heavy (non-hydrogen) atoms. The van der Waals surface area contributed by atoms with Crippen LogP contribution in [-0.4, -0.2) is 40.1 Å². The Bertz CT molecular complexity index is 824. The average Bonchev–Trinajstić information content (AvgIpc) is 3.06. The maximum Gasteiger partial charge on any atom is 0.229 e. The predicted molar refractivity (Wildman–Crippen MR) is 107 cm³/mol. The fourth-order valence-corrected chi connectivity index (χ4v) is 3.28. The van der Waals surface area contributed by atoms with E-state index in [2.05, 4.69) is 32.4 Å². The van der Waals surface area contributed by atoms with Crippen molar-refractivity contribution < 1.29 is 9.90 Å². The van der Waals surface area contributed by atoms with Crippen LogP contribution in [0.1, 0.15) is 37.9 Å². The van der Waals surface area contributed by atoms with Crippen LogP contribution < -0.4 is 15.5 Å². The third-order valence-corrected chi connectivity index (χ3v) is 4.66. The molecule has 1 aliphatic rings. The standard InChI is InChI=1S/C20H27N5O2/c1-4-5-15-11-19(25-9-8-17(12-25)21-14(3)26)24-20(22-15)23-16-7-6-13(2)18(27)10-16/h6-7,10-11,17,27H,4-5,8-9,12H2,1-3H3,(H,21,26)(H,22,23,24). The molecule has 0 spiro atoms. The summed E-state index contributed by atoms with van der Waals surface area (Å²) in [5, 5.41) is 16.1. The van der Waals surface area contributed by atoms with Gasteiger partial charge >= 0.3 is 0 Å². The summed E-state index contributed by atoms with van der Waals surface area (Å²) in [5.74, 6) is 1.61. The lowest BCUT2D eigenvalue weighted by atomic mass is 10.2. The molecule has 1 aromatic carbocycles. The molecule has 0 saturated carbocycles. The number of hydrogen-bond donors (Lipinski definition) is 3. The molecule has 1 unspecified atom stereocenters. The molecule has 1 atom stereocenters. The van der Waals surface area contributed by atoms with Crippen molar-refractivity contribution in [1.29, 1.82) is 0 Å². The van der Waals surface area contributed by atoms with Crippen molar-refractivity contribution in [3.05, 3.63) is 35.5 Å². The minimum atomic E-state index is -0.00209. The van der Waals surface area contributed by atoms with Crippen LogP contribution in [0.3, 0.4) is 0 Å². The molecule has 1 aliphatic heterocycles. The summed E-state index contributed by atoms with van der Waals surface area (Å²) < 4.78 is 0. The Hall–Kier alpha value is -2.83. The number of rotatable bonds is 6. The summed E-state index contributed by atoms with van der Waals surface area (Å²) in [5.41, 5.74) is 2.54. The van der Waals surface area contributed by atoms with Crippen LogP contribution >= 0.6 is 0 Å². The Labute approximate surface area is 159 Å². The van der Waals surface area contributed by atoms with Crippen LogP contribution in [0, 0.1) is 6.92 Å². The minimum Gasteiger partial charge on any atom is -0.508 e. The highest BCUT2D eigenvalue weighted by Gasteiger charge is 2.24. The fourth-order valence-electron chi connectivity index (χ4n) is 3.28. The van der Waals surface area contributed by atoms with Gasteiger partial charge in [0.05, 0.1) is 0 Å². The topological polar surface area (TPSA) is 90.4 Å². The second kappa shape index (κ2) is 8.24. The molecule has 144 valence electrons. The predicted octanol–water partition coefficient (Wildman–Crippen LogP) is 2.90. The van der Waals surface area contributed by atoms with E-state index in [1.807, 2.05) is 25.1 Å². The largest absolute Gasteiger partial charge is 0.508 e. The number of anilines is 3. The third kappa shape index (κ3) is 4.87. The highest BCUT2D eigenvalue weighted by atomic mass is 16.3. The molecule has 7 nitrogen and oxygen atoms in total. The second-order valence-corrected chi connectivity index (χ2v) is 7.05. The Morgan fingerprint density at radius 2 is 2.15 bits per heavy atom. The number of phenolic OH excluding ortho intramolecular Hbond substituents is 1. The van der Waals surface area contributed by atoms with Crippen molar-refractivity contribution in [1.82, 2.24) is 15.3 Å². The number of amides is 1. The number of benzene rings is 1. The Morgan fingerprint density at radius 1 is 1.33 bits per heavy atom. The van der Waals surface area contributed by atoms with E-state index in [4.69, 9.17) is 0 Å². The third-order valence-electron chi connectivity index (χ3n) is 4.66. The van der Waals surface area contributed by atoms with Gasteiger partial charge in [0, 0.05) is 49.6 Å². The van der Waals surface area contributed by atoms with Gasteiger partial charge < -0.3 is 20.6 Å². The number of carbonyl (C=O) groups is 1. The van der Waals surface area contributed by atoms with Gasteiger partial charge in [-0.05, 0) is 31.4 Å². The maximum absolute atomic E-state index is 11.3. The van der Waals surface area contributed by atoms with E-state index >= 15 is 0 Å². The summed E-state index contributed by atoms with van der Waals surface area (Å²) in [6.45, 7) is 7.11. The van der Waals surface area contributed by atoms with Gasteiger partial charge in [0.2, 0.25) is 11.9 Å². The van der Waals surface area contributed by atoms with Gasteiger partial charge in [-0.3, -0.25) is 4.79 Å². The normalized spacial score (nSPS) is 16.4. The number of aromatic hydroxyl groups is 1. The molecule has 2 aromatic rings. The molecule has 3 rings (SSSR count). The molecule has 0 radical (unpaired) electrons. The van der Waals surface area contributed by atoms with Gasteiger partial charge in [-0.2, -0.15) is 4.98 Å². The molecule has 1 saturated heterocycles. The van der Waals surface area contributed by atoms with E-state index < -0.39 is 0 Å². The van der Waals surface area contributed by atoms with Gasteiger partial charge in [0.15, 0.2) is 0 Å². The van der Waals surface area contributed by atoms with Crippen molar-refractivity contribution in [3.8, 4) is 5.75 Å². The smallest absolute Gasteiger partial charge is 0.229 e. The molecule has 1 amide bonds. The molecular weight excluding hydrogens is 342 g/mol. The van der Waals surface area contributed by atoms with E-state index in [1.165, 1.54) is 0 Å². The SMILES string of the molecule is CCCc1cc(N2CCC(NC(C)=O)C2)nc(Nc2ccc(C)c(O)c2)n1. The lowest BCUT2D eigenvalue weighted by Gasteiger charge is -2.19. The molecule has 0 bridgehead atoms. The summed E-state index contributed by atoms with van der Waals surface area (Å²) in [4.78, 5) is 22.8. The lowest BCUT2D eigenvalue weighted by molar-refractivity contribution is -0.119. The van der Waals surface area contributed by atoms with Crippen molar-refractivity contribution in [2.75, 3.05) is 23.3 Å². The van der Waals surface area contributed by atoms with Gasteiger partial charge in [-0.15, -0.1) is 0 Å². The number of nitrogens with zero attached hydrogens (tertiary/aromatic N) is 3. The molecule has 2 heterocycles. The number of aryl methyl sites for hydroxylation is 2. The quantitative estimate of drug-likeness (QED) is 0.725. The van der Waals surface area contributed by atoms with Crippen LogP contribution in [0.2, 0.25) is 0 Å². The van der Waals surface area contributed by atoms with E-state index in [-0.39, 0.29) is 17.7 Å². The second-order valence-electron chi connectivity index (χ2n) is 7.05. The van der Waals surface area contributed by atoms with Crippen LogP contribution in [0.4, 0.5) is 17.5 Å². The Morgan fingerprint density at radius 3 is 2.85 bits per heavy atom. The van der Waals surface area contributed by atoms with Gasteiger partial charge in [-0.25, -0.2) is 4.98 Å². The van der Waals surface area contributed by atoms with Crippen molar-refractivity contribution in [2.45, 2.75) is 46.1 Å². The van der Waals surface area contributed by atoms with Gasteiger partial charge in [0.25, 0.3) is 0 Å². The van der Waals surface area contributed by atoms with E-state index in [1.54, 1.807) is 13.0 Å². The number of hydrogen-bond acceptors (Lipinski definition) is 6. The summed E-state index contributed by atoms with van der Waals surface area (Å²) in [6.07, 6.45) is 2.77. The molecule has 1 aromatic heterocycles. The van der Waals surface area contributed by atoms with E-state index in [0.29, 0.717) is 5.95 Å². The zero-order chi connectivity index (χ0) is 19.4. The van der Waals surface area contributed by atoms with Crippen LogP contribution in [0.25, 0.3) is 0 Å². The first kappa shape index (κ1) is 18.9. The van der Waals surface area contributed by atoms with Crippen LogP contribution in [-0.2, 0) is 11.2 Å². The van der Waals surface area contributed by atoms with Crippen molar-refractivity contribution in [2.24, 2.45) is 0 Å². The van der Waals surface area contributed by atoms with Crippen molar-refractivity contribution in [3.63, 3.8) is 0 Å². The van der Waals surface area contributed by atoms with Gasteiger partial charge in [0.1, 0.15) is 11.6 Å².